The number of anilines is 1. The lowest BCUT2D eigenvalue weighted by Gasteiger charge is -2.06. The summed E-state index contributed by atoms with van der Waals surface area (Å²) in [4.78, 5) is 23.7. The van der Waals surface area contributed by atoms with Crippen LogP contribution in [-0.4, -0.2) is 10.5 Å². The number of rotatable bonds is 3. The van der Waals surface area contributed by atoms with Crippen molar-refractivity contribution in [3.8, 4) is 0 Å². The number of furan rings is 1. The number of carbonyl (C=O) groups excluding carboxylic acids is 1. The first-order chi connectivity index (χ1) is 10.1. The first kappa shape index (κ1) is 13.2. The molecule has 1 aromatic carbocycles. The fourth-order valence-corrected chi connectivity index (χ4v) is 2.20. The summed E-state index contributed by atoms with van der Waals surface area (Å²) in [5.41, 5.74) is 1.67. The van der Waals surface area contributed by atoms with Crippen molar-refractivity contribution in [3.63, 3.8) is 0 Å². The minimum Gasteiger partial charge on any atom is -0.459 e. The van der Waals surface area contributed by atoms with Crippen LogP contribution in [0, 0.1) is 0 Å². The van der Waals surface area contributed by atoms with Gasteiger partial charge in [0.2, 0.25) is 0 Å². The molecule has 2 aromatic heterocycles. The van der Waals surface area contributed by atoms with Crippen molar-refractivity contribution in [1.82, 2.24) is 4.57 Å². The zero-order valence-corrected chi connectivity index (χ0v) is 11.6. The predicted molar refractivity (Wildman–Crippen MR) is 77.5 cm³/mol. The highest BCUT2D eigenvalue weighted by atomic mass is 16.4. The van der Waals surface area contributed by atoms with E-state index in [0.29, 0.717) is 16.8 Å². The number of fused-ring (bicyclic) bond motifs is 1. The number of nitrogens with zero attached hydrogens (tertiary/aromatic N) is 1. The van der Waals surface area contributed by atoms with E-state index in [2.05, 4.69) is 5.32 Å². The summed E-state index contributed by atoms with van der Waals surface area (Å²) in [6, 6.07) is 8.30. The van der Waals surface area contributed by atoms with Crippen molar-refractivity contribution in [3.05, 3.63) is 52.9 Å². The van der Waals surface area contributed by atoms with E-state index in [9.17, 15) is 9.59 Å². The molecule has 6 heteroatoms. The molecular formula is C15H14N2O4. The van der Waals surface area contributed by atoms with Gasteiger partial charge in [-0.25, -0.2) is 4.79 Å². The Hall–Kier alpha value is -2.76. The van der Waals surface area contributed by atoms with Gasteiger partial charge in [0.25, 0.3) is 5.91 Å². The summed E-state index contributed by atoms with van der Waals surface area (Å²) in [6.07, 6.45) is 1.43. The highest BCUT2D eigenvalue weighted by molar-refractivity contribution is 6.02. The maximum Gasteiger partial charge on any atom is 0.420 e. The highest BCUT2D eigenvalue weighted by Crippen LogP contribution is 2.21. The van der Waals surface area contributed by atoms with Crippen LogP contribution in [0.25, 0.3) is 11.1 Å². The molecule has 2 heterocycles. The SMILES string of the molecule is CC(C)n1c(=O)oc2cc(NC(=O)c3ccco3)ccc21. The minimum atomic E-state index is -0.408. The number of carbonyl (C=O) groups is 1. The fourth-order valence-electron chi connectivity index (χ4n) is 2.20. The lowest BCUT2D eigenvalue weighted by molar-refractivity contribution is 0.0996. The lowest BCUT2D eigenvalue weighted by Crippen LogP contribution is -2.15. The van der Waals surface area contributed by atoms with Crippen LogP contribution in [0.1, 0.15) is 30.4 Å². The molecule has 0 saturated carbocycles. The summed E-state index contributed by atoms with van der Waals surface area (Å²) >= 11 is 0. The van der Waals surface area contributed by atoms with E-state index in [0.717, 1.165) is 0 Å². The molecule has 0 spiro atoms. The number of benzene rings is 1. The van der Waals surface area contributed by atoms with Gasteiger partial charge in [0.15, 0.2) is 11.3 Å². The molecule has 0 atom stereocenters. The van der Waals surface area contributed by atoms with Crippen molar-refractivity contribution in [1.29, 1.82) is 0 Å². The summed E-state index contributed by atoms with van der Waals surface area (Å²) < 4.78 is 11.8. The topological polar surface area (TPSA) is 77.4 Å². The molecule has 108 valence electrons. The molecule has 0 aliphatic rings. The Morgan fingerprint density at radius 3 is 2.76 bits per heavy atom. The van der Waals surface area contributed by atoms with E-state index in [1.807, 2.05) is 13.8 Å². The number of hydrogen-bond acceptors (Lipinski definition) is 4. The zero-order chi connectivity index (χ0) is 15.0. The smallest absolute Gasteiger partial charge is 0.420 e. The normalized spacial score (nSPS) is 11.2. The van der Waals surface area contributed by atoms with Gasteiger partial charge in [-0.15, -0.1) is 0 Å². The van der Waals surface area contributed by atoms with Crippen LogP contribution in [0.15, 0.2) is 50.2 Å². The van der Waals surface area contributed by atoms with Gasteiger partial charge in [0, 0.05) is 17.8 Å². The molecule has 3 rings (SSSR count). The van der Waals surface area contributed by atoms with E-state index < -0.39 is 5.76 Å². The Bertz CT molecular complexity index is 840. The molecule has 6 nitrogen and oxygen atoms in total. The van der Waals surface area contributed by atoms with E-state index in [1.54, 1.807) is 34.9 Å². The van der Waals surface area contributed by atoms with Crippen molar-refractivity contribution in [2.75, 3.05) is 5.32 Å². The summed E-state index contributed by atoms with van der Waals surface area (Å²) in [5, 5.41) is 2.69. The Balaban J connectivity index is 1.95. The average molecular weight is 286 g/mol. The molecule has 0 saturated heterocycles. The van der Waals surface area contributed by atoms with E-state index >= 15 is 0 Å². The first-order valence-electron chi connectivity index (χ1n) is 6.56. The van der Waals surface area contributed by atoms with E-state index in [1.165, 1.54) is 6.26 Å². The van der Waals surface area contributed by atoms with Crippen LogP contribution in [0.2, 0.25) is 0 Å². The van der Waals surface area contributed by atoms with Crippen LogP contribution in [0.5, 0.6) is 0 Å². The molecule has 0 unspecified atom stereocenters. The molecule has 3 aromatic rings. The van der Waals surface area contributed by atoms with Crippen molar-refractivity contribution in [2.24, 2.45) is 0 Å². The number of hydrogen-bond donors (Lipinski definition) is 1. The molecule has 21 heavy (non-hydrogen) atoms. The number of oxazole rings is 1. The van der Waals surface area contributed by atoms with Gasteiger partial charge in [-0.2, -0.15) is 0 Å². The Kier molecular flexibility index (Phi) is 3.13. The number of nitrogens with one attached hydrogen (secondary N) is 1. The van der Waals surface area contributed by atoms with Gasteiger partial charge >= 0.3 is 5.76 Å². The quantitative estimate of drug-likeness (QED) is 0.802. The maximum atomic E-state index is 11.9. The molecule has 0 aliphatic carbocycles. The third-order valence-corrected chi connectivity index (χ3v) is 3.13. The monoisotopic (exact) mass is 286 g/mol. The Labute approximate surface area is 120 Å². The third-order valence-electron chi connectivity index (χ3n) is 3.13. The second-order valence-electron chi connectivity index (χ2n) is 4.95. The molecule has 0 radical (unpaired) electrons. The van der Waals surface area contributed by atoms with Crippen LogP contribution in [-0.2, 0) is 0 Å². The predicted octanol–water partition coefficient (Wildman–Crippen LogP) is 3.02. The Morgan fingerprint density at radius 2 is 2.10 bits per heavy atom. The van der Waals surface area contributed by atoms with Gasteiger partial charge in [-0.3, -0.25) is 9.36 Å². The lowest BCUT2D eigenvalue weighted by atomic mass is 10.2. The summed E-state index contributed by atoms with van der Waals surface area (Å²) in [6.45, 7) is 3.81. The van der Waals surface area contributed by atoms with Gasteiger partial charge in [0.1, 0.15) is 0 Å². The second-order valence-corrected chi connectivity index (χ2v) is 4.95. The summed E-state index contributed by atoms with van der Waals surface area (Å²) in [5.74, 6) is -0.546. The van der Waals surface area contributed by atoms with Crippen LogP contribution >= 0.6 is 0 Å². The van der Waals surface area contributed by atoms with Crippen LogP contribution in [0.3, 0.4) is 0 Å². The average Bonchev–Trinajstić information content (AvgIpc) is 3.04. The molecular weight excluding hydrogens is 272 g/mol. The van der Waals surface area contributed by atoms with E-state index in [4.69, 9.17) is 8.83 Å². The van der Waals surface area contributed by atoms with Crippen molar-refractivity contribution in [2.45, 2.75) is 19.9 Å². The van der Waals surface area contributed by atoms with Crippen molar-refractivity contribution >= 4 is 22.7 Å². The third kappa shape index (κ3) is 2.35. The molecule has 0 fully saturated rings. The minimum absolute atomic E-state index is 0.00214. The van der Waals surface area contributed by atoms with Crippen molar-refractivity contribution < 1.29 is 13.6 Å². The van der Waals surface area contributed by atoms with Crippen LogP contribution in [0.4, 0.5) is 5.69 Å². The molecule has 0 aliphatic heterocycles. The molecule has 1 amide bonds. The van der Waals surface area contributed by atoms with E-state index in [-0.39, 0.29) is 17.7 Å². The first-order valence-corrected chi connectivity index (χ1v) is 6.56. The second kappa shape index (κ2) is 4.97. The number of amides is 1. The standard InChI is InChI=1S/C15H14N2O4/c1-9(2)17-11-6-5-10(8-13(11)21-15(17)19)16-14(18)12-4-3-7-20-12/h3-9H,1-2H3,(H,16,18). The van der Waals surface area contributed by atoms with Gasteiger partial charge in [0.05, 0.1) is 11.8 Å². The highest BCUT2D eigenvalue weighted by Gasteiger charge is 2.14. The fraction of sp³-hybridized carbons (Fsp3) is 0.200. The van der Waals surface area contributed by atoms with Crippen LogP contribution < -0.4 is 11.1 Å². The zero-order valence-electron chi connectivity index (χ0n) is 11.6. The largest absolute Gasteiger partial charge is 0.459 e. The number of aromatic nitrogens is 1. The molecule has 1 N–H and O–H groups in total. The Morgan fingerprint density at radius 1 is 1.29 bits per heavy atom. The molecule has 0 bridgehead atoms. The summed E-state index contributed by atoms with van der Waals surface area (Å²) in [7, 11) is 0. The van der Waals surface area contributed by atoms with Gasteiger partial charge in [-0.1, -0.05) is 0 Å². The maximum absolute atomic E-state index is 11.9. The van der Waals surface area contributed by atoms with Gasteiger partial charge < -0.3 is 14.2 Å². The van der Waals surface area contributed by atoms with Gasteiger partial charge in [-0.05, 0) is 38.1 Å².